The molecule has 5 nitrogen and oxygen atoms in total. The van der Waals surface area contributed by atoms with Crippen LogP contribution in [-0.2, 0) is 23.8 Å². The van der Waals surface area contributed by atoms with Gasteiger partial charge in [-0.25, -0.2) is 9.59 Å². The molecular formula is C16H22O5. The van der Waals surface area contributed by atoms with Crippen molar-refractivity contribution >= 4 is 11.9 Å². The summed E-state index contributed by atoms with van der Waals surface area (Å²) in [5.41, 5.74) is 0. The van der Waals surface area contributed by atoms with Gasteiger partial charge < -0.3 is 14.2 Å². The van der Waals surface area contributed by atoms with Crippen molar-refractivity contribution in [3.05, 3.63) is 49.6 Å². The van der Waals surface area contributed by atoms with Crippen LogP contribution in [0.25, 0.3) is 0 Å². The van der Waals surface area contributed by atoms with Gasteiger partial charge in [-0.2, -0.15) is 0 Å². The Hall–Kier alpha value is -1.98. The molecule has 0 amide bonds. The van der Waals surface area contributed by atoms with Crippen LogP contribution in [0.15, 0.2) is 49.6 Å². The third-order valence-corrected chi connectivity index (χ3v) is 2.19. The zero-order valence-corrected chi connectivity index (χ0v) is 12.5. The summed E-state index contributed by atoms with van der Waals surface area (Å²) < 4.78 is 14.9. The van der Waals surface area contributed by atoms with Crippen molar-refractivity contribution in [2.75, 3.05) is 13.2 Å². The first-order valence-electron chi connectivity index (χ1n) is 6.54. The summed E-state index contributed by atoms with van der Waals surface area (Å²) in [5.74, 6) is -1.51. The molecule has 0 aliphatic heterocycles. The lowest BCUT2D eigenvalue weighted by Crippen LogP contribution is -2.23. The maximum atomic E-state index is 11.4. The Morgan fingerprint density at radius 3 is 1.62 bits per heavy atom. The molecular weight excluding hydrogens is 272 g/mol. The Kier molecular flexibility index (Phi) is 10.7. The molecule has 0 saturated heterocycles. The molecule has 0 spiro atoms. The lowest BCUT2D eigenvalue weighted by atomic mass is 10.3. The Morgan fingerprint density at radius 2 is 1.29 bits per heavy atom. The van der Waals surface area contributed by atoms with Gasteiger partial charge in [-0.3, -0.25) is 0 Å². The van der Waals surface area contributed by atoms with E-state index in [-0.39, 0.29) is 25.4 Å². The zero-order chi connectivity index (χ0) is 16.1. The molecule has 0 aliphatic rings. The van der Waals surface area contributed by atoms with Crippen molar-refractivity contribution in [3.63, 3.8) is 0 Å². The van der Waals surface area contributed by atoms with Gasteiger partial charge in [-0.05, 0) is 13.8 Å². The van der Waals surface area contributed by atoms with Crippen molar-refractivity contribution in [1.82, 2.24) is 0 Å². The minimum absolute atomic E-state index is 0.272. The monoisotopic (exact) mass is 294 g/mol. The Labute approximate surface area is 125 Å². The standard InChI is InChI=1S/C16H22O5/c1-5-7-9-13(3)19-11-15(17)21-16(18)12-20-14(4)10-8-6-2/h5-10,13-14H,1-2,11-12H2,3-4H3. The fourth-order valence-electron chi connectivity index (χ4n) is 1.17. The second-order valence-corrected chi connectivity index (χ2v) is 4.12. The van der Waals surface area contributed by atoms with Gasteiger partial charge in [0, 0.05) is 0 Å². The van der Waals surface area contributed by atoms with E-state index in [1.807, 2.05) is 0 Å². The van der Waals surface area contributed by atoms with Crippen LogP contribution in [0.3, 0.4) is 0 Å². The van der Waals surface area contributed by atoms with E-state index in [0.717, 1.165) is 0 Å². The number of carbonyl (C=O) groups is 2. The average Bonchev–Trinajstić information content (AvgIpc) is 2.46. The van der Waals surface area contributed by atoms with Gasteiger partial charge in [0.05, 0.1) is 12.2 Å². The third kappa shape index (κ3) is 11.5. The maximum Gasteiger partial charge on any atom is 0.339 e. The van der Waals surface area contributed by atoms with E-state index in [2.05, 4.69) is 17.9 Å². The highest BCUT2D eigenvalue weighted by molar-refractivity contribution is 5.86. The molecule has 0 saturated carbocycles. The van der Waals surface area contributed by atoms with Crippen molar-refractivity contribution < 1.29 is 23.8 Å². The summed E-state index contributed by atoms with van der Waals surface area (Å²) in [6.45, 7) is 9.94. The highest BCUT2D eigenvalue weighted by Crippen LogP contribution is 1.97. The maximum absolute atomic E-state index is 11.4. The van der Waals surface area contributed by atoms with E-state index in [1.165, 1.54) is 0 Å². The molecule has 0 rings (SSSR count). The van der Waals surface area contributed by atoms with Crippen LogP contribution >= 0.6 is 0 Å². The van der Waals surface area contributed by atoms with Gasteiger partial charge in [0.1, 0.15) is 13.2 Å². The largest absolute Gasteiger partial charge is 0.390 e. The van der Waals surface area contributed by atoms with E-state index in [1.54, 1.807) is 50.3 Å². The number of hydrogen-bond acceptors (Lipinski definition) is 5. The minimum atomic E-state index is -0.753. The lowest BCUT2D eigenvalue weighted by molar-refractivity contribution is -0.166. The van der Waals surface area contributed by atoms with Crippen LogP contribution < -0.4 is 0 Å². The highest BCUT2D eigenvalue weighted by Gasteiger charge is 2.12. The van der Waals surface area contributed by atoms with Crippen LogP contribution in [-0.4, -0.2) is 37.4 Å². The topological polar surface area (TPSA) is 61.8 Å². The molecule has 2 unspecified atom stereocenters. The minimum Gasteiger partial charge on any atom is -0.390 e. The average molecular weight is 294 g/mol. The van der Waals surface area contributed by atoms with Crippen molar-refractivity contribution in [3.8, 4) is 0 Å². The van der Waals surface area contributed by atoms with Gasteiger partial charge in [0.15, 0.2) is 0 Å². The predicted molar refractivity (Wildman–Crippen MR) is 80.6 cm³/mol. The van der Waals surface area contributed by atoms with Crippen molar-refractivity contribution in [2.45, 2.75) is 26.1 Å². The first kappa shape index (κ1) is 19.0. The quantitative estimate of drug-likeness (QED) is 0.351. The van der Waals surface area contributed by atoms with Crippen LogP contribution in [0.1, 0.15) is 13.8 Å². The lowest BCUT2D eigenvalue weighted by Gasteiger charge is -2.09. The summed E-state index contributed by atoms with van der Waals surface area (Å²) in [6, 6.07) is 0. The highest BCUT2D eigenvalue weighted by atomic mass is 16.6. The van der Waals surface area contributed by atoms with Gasteiger partial charge in [-0.15, -0.1) is 0 Å². The molecule has 116 valence electrons. The van der Waals surface area contributed by atoms with E-state index in [4.69, 9.17) is 9.47 Å². The van der Waals surface area contributed by atoms with Crippen molar-refractivity contribution in [1.29, 1.82) is 0 Å². The Bertz CT molecular complexity index is 371. The summed E-state index contributed by atoms with van der Waals surface area (Å²) in [4.78, 5) is 22.7. The van der Waals surface area contributed by atoms with Gasteiger partial charge >= 0.3 is 11.9 Å². The van der Waals surface area contributed by atoms with Crippen LogP contribution in [0.4, 0.5) is 0 Å². The van der Waals surface area contributed by atoms with Gasteiger partial charge in [-0.1, -0.05) is 49.6 Å². The van der Waals surface area contributed by atoms with Crippen LogP contribution in [0.2, 0.25) is 0 Å². The fraction of sp³-hybridized carbons (Fsp3) is 0.375. The van der Waals surface area contributed by atoms with Crippen LogP contribution in [0, 0.1) is 0 Å². The molecule has 0 aromatic heterocycles. The number of allylic oxidation sites excluding steroid dienone is 4. The van der Waals surface area contributed by atoms with Gasteiger partial charge in [0.2, 0.25) is 0 Å². The number of ether oxygens (including phenoxy) is 3. The summed E-state index contributed by atoms with van der Waals surface area (Å²) in [5, 5.41) is 0. The first-order valence-corrected chi connectivity index (χ1v) is 6.54. The second kappa shape index (κ2) is 11.8. The normalized spacial score (nSPS) is 14.0. The molecule has 0 aliphatic carbocycles. The Morgan fingerprint density at radius 1 is 0.905 bits per heavy atom. The van der Waals surface area contributed by atoms with Crippen LogP contribution in [0.5, 0.6) is 0 Å². The van der Waals surface area contributed by atoms with E-state index >= 15 is 0 Å². The number of esters is 2. The van der Waals surface area contributed by atoms with Gasteiger partial charge in [0.25, 0.3) is 0 Å². The fourth-order valence-corrected chi connectivity index (χ4v) is 1.17. The van der Waals surface area contributed by atoms with E-state index in [9.17, 15) is 9.59 Å². The smallest absolute Gasteiger partial charge is 0.339 e. The predicted octanol–water partition coefficient (Wildman–Crippen LogP) is 2.35. The third-order valence-electron chi connectivity index (χ3n) is 2.19. The molecule has 0 fully saturated rings. The second-order valence-electron chi connectivity index (χ2n) is 4.12. The molecule has 0 aromatic rings. The molecule has 2 atom stereocenters. The SMILES string of the molecule is C=CC=CC(C)OCC(=O)OC(=O)COC(C)C=CC=C. The molecule has 5 heteroatoms. The summed E-state index contributed by atoms with van der Waals surface area (Å²) in [6.07, 6.45) is 9.50. The van der Waals surface area contributed by atoms with E-state index < -0.39 is 11.9 Å². The molecule has 0 bridgehead atoms. The molecule has 0 N–H and O–H groups in total. The Balaban J connectivity index is 3.91. The number of hydrogen-bond donors (Lipinski definition) is 0. The molecule has 0 radical (unpaired) electrons. The molecule has 0 aromatic carbocycles. The first-order chi connectivity index (χ1) is 9.99. The van der Waals surface area contributed by atoms with E-state index in [0.29, 0.717) is 0 Å². The van der Waals surface area contributed by atoms with Crippen molar-refractivity contribution in [2.24, 2.45) is 0 Å². The zero-order valence-electron chi connectivity index (χ0n) is 12.5. The molecule has 21 heavy (non-hydrogen) atoms. The number of rotatable bonds is 10. The number of carbonyl (C=O) groups excluding carboxylic acids is 2. The molecule has 0 heterocycles. The summed E-state index contributed by atoms with van der Waals surface area (Å²) in [7, 11) is 0. The summed E-state index contributed by atoms with van der Waals surface area (Å²) >= 11 is 0.